The fraction of sp³-hybridized carbons (Fsp3) is 0.419. The molecule has 0 spiro atoms. The topological polar surface area (TPSA) is 91.4 Å². The number of carbonyl (C=O) groups excluding carboxylic acids is 2. The molecule has 1 amide bonds. The molecule has 3 N–H and O–H groups in total. The van der Waals surface area contributed by atoms with E-state index in [1.165, 1.54) is 51.2 Å². The Morgan fingerprint density at radius 1 is 1.13 bits per heavy atom. The van der Waals surface area contributed by atoms with Gasteiger partial charge in [-0.25, -0.2) is 9.18 Å². The lowest BCUT2D eigenvalue weighted by atomic mass is 9.83. The summed E-state index contributed by atoms with van der Waals surface area (Å²) in [5, 5.41) is 15.0. The molecular weight excluding hydrogens is 483 g/mol. The van der Waals surface area contributed by atoms with Crippen LogP contribution in [-0.4, -0.2) is 34.6 Å². The first kappa shape index (κ1) is 26.0. The van der Waals surface area contributed by atoms with Crippen LogP contribution in [0.2, 0.25) is 0 Å². The zero-order chi connectivity index (χ0) is 26.6. The summed E-state index contributed by atoms with van der Waals surface area (Å²) < 4.78 is 19.9. The molecule has 2 aromatic carbocycles. The number of aliphatic hydroxyl groups excluding tert-OH is 1. The van der Waals surface area contributed by atoms with Gasteiger partial charge in [-0.05, 0) is 54.5 Å². The number of cyclic esters (lactones) is 1. The third kappa shape index (κ3) is 5.47. The molecule has 5 rings (SSSR count). The van der Waals surface area contributed by atoms with Gasteiger partial charge in [0, 0.05) is 30.1 Å². The number of hydrogen-bond donors (Lipinski definition) is 3. The van der Waals surface area contributed by atoms with Crippen molar-refractivity contribution in [1.29, 1.82) is 0 Å². The van der Waals surface area contributed by atoms with E-state index in [-0.39, 0.29) is 23.1 Å². The Morgan fingerprint density at radius 3 is 2.63 bits per heavy atom. The number of halogens is 1. The molecule has 0 saturated heterocycles. The minimum absolute atomic E-state index is 0.0164. The first-order chi connectivity index (χ1) is 18.4. The first-order valence-electron chi connectivity index (χ1n) is 13.7. The van der Waals surface area contributed by atoms with Crippen molar-refractivity contribution in [2.45, 2.75) is 70.3 Å². The number of hydrogen-bond acceptors (Lipinski definition) is 4. The van der Waals surface area contributed by atoms with E-state index < -0.39 is 18.0 Å². The Labute approximate surface area is 222 Å². The standard InChI is InChI=1S/C31H35FN2O4/c1-19(35)33-17-16-24-23-14-13-22(32)18-25(23)34-29(24)27(21-10-6-3-7-11-21)28-30(36)26(38-31(28)37)15-12-20-8-4-2-5-9-20/h3,6-7,10-11,13-14,18,20,26-27,34,36H,2,4-5,8-9,12,15-17H2,1H3,(H,33,35). The van der Waals surface area contributed by atoms with E-state index in [9.17, 15) is 19.1 Å². The molecule has 7 heteroatoms. The van der Waals surface area contributed by atoms with Crippen molar-refractivity contribution >= 4 is 22.8 Å². The third-order valence-corrected chi connectivity index (χ3v) is 7.97. The molecule has 1 aromatic heterocycles. The number of aliphatic hydroxyl groups is 1. The highest BCUT2D eigenvalue weighted by atomic mass is 19.1. The van der Waals surface area contributed by atoms with Crippen molar-refractivity contribution < 1.29 is 23.8 Å². The Bertz CT molecular complexity index is 1340. The van der Waals surface area contributed by atoms with Crippen LogP contribution in [0.4, 0.5) is 4.39 Å². The molecular formula is C31H35FN2O4. The van der Waals surface area contributed by atoms with Crippen LogP contribution in [0.25, 0.3) is 10.9 Å². The largest absolute Gasteiger partial charge is 0.508 e. The Kier molecular flexibility index (Phi) is 7.82. The van der Waals surface area contributed by atoms with E-state index in [0.717, 1.165) is 22.9 Å². The Balaban J connectivity index is 1.56. The number of benzene rings is 2. The van der Waals surface area contributed by atoms with Crippen molar-refractivity contribution in [3.05, 3.63) is 82.5 Å². The monoisotopic (exact) mass is 518 g/mol. The van der Waals surface area contributed by atoms with Gasteiger partial charge in [0.15, 0.2) is 6.10 Å². The fourth-order valence-corrected chi connectivity index (χ4v) is 6.10. The van der Waals surface area contributed by atoms with Gasteiger partial charge >= 0.3 is 5.97 Å². The maximum atomic E-state index is 14.2. The summed E-state index contributed by atoms with van der Waals surface area (Å²) in [6.45, 7) is 1.84. The minimum atomic E-state index is -0.657. The molecule has 1 saturated carbocycles. The van der Waals surface area contributed by atoms with E-state index in [4.69, 9.17) is 4.74 Å². The van der Waals surface area contributed by atoms with Crippen molar-refractivity contribution in [3.63, 3.8) is 0 Å². The number of fused-ring (bicyclic) bond motifs is 1. The summed E-state index contributed by atoms with van der Waals surface area (Å²) >= 11 is 0. The summed E-state index contributed by atoms with van der Waals surface area (Å²) in [6, 6.07) is 14.0. The number of rotatable bonds is 9. The molecule has 2 atom stereocenters. The van der Waals surface area contributed by atoms with E-state index in [2.05, 4.69) is 10.3 Å². The number of H-pyrrole nitrogens is 1. The minimum Gasteiger partial charge on any atom is -0.508 e. The van der Waals surface area contributed by atoms with Crippen LogP contribution >= 0.6 is 0 Å². The summed E-state index contributed by atoms with van der Waals surface area (Å²) in [5.74, 6) is -1.09. The molecule has 0 bridgehead atoms. The molecule has 0 radical (unpaired) electrons. The van der Waals surface area contributed by atoms with Gasteiger partial charge in [-0.3, -0.25) is 4.79 Å². The number of amides is 1. The van der Waals surface area contributed by atoms with Gasteiger partial charge in [0.05, 0.1) is 11.5 Å². The lowest BCUT2D eigenvalue weighted by Crippen LogP contribution is -2.23. The van der Waals surface area contributed by atoms with Gasteiger partial charge in [0.2, 0.25) is 5.91 Å². The third-order valence-electron chi connectivity index (χ3n) is 7.97. The van der Waals surface area contributed by atoms with Crippen molar-refractivity contribution in [3.8, 4) is 0 Å². The second-order valence-corrected chi connectivity index (χ2v) is 10.6. The van der Waals surface area contributed by atoms with Gasteiger partial charge in [0.1, 0.15) is 11.6 Å². The summed E-state index contributed by atoms with van der Waals surface area (Å²) in [5.41, 5.74) is 3.18. The van der Waals surface area contributed by atoms with Gasteiger partial charge in [-0.1, -0.05) is 62.4 Å². The lowest BCUT2D eigenvalue weighted by Gasteiger charge is -2.22. The Hall–Kier alpha value is -3.61. The van der Waals surface area contributed by atoms with E-state index >= 15 is 0 Å². The van der Waals surface area contributed by atoms with E-state index in [1.54, 1.807) is 6.07 Å². The van der Waals surface area contributed by atoms with Gasteiger partial charge in [-0.15, -0.1) is 0 Å². The zero-order valence-electron chi connectivity index (χ0n) is 21.8. The molecule has 2 aliphatic rings. The van der Waals surface area contributed by atoms with Gasteiger partial charge in [0.25, 0.3) is 0 Å². The number of nitrogens with one attached hydrogen (secondary N) is 2. The van der Waals surface area contributed by atoms with Crippen LogP contribution in [0.1, 0.15) is 74.6 Å². The molecule has 6 nitrogen and oxygen atoms in total. The number of carbonyl (C=O) groups is 2. The Morgan fingerprint density at radius 2 is 1.89 bits per heavy atom. The molecule has 2 heterocycles. The molecule has 1 fully saturated rings. The van der Waals surface area contributed by atoms with Crippen LogP contribution in [-0.2, 0) is 20.7 Å². The molecule has 1 aliphatic carbocycles. The van der Waals surface area contributed by atoms with E-state index in [0.29, 0.717) is 36.5 Å². The molecule has 1 aliphatic heterocycles. The number of ether oxygens (including phenoxy) is 1. The average Bonchev–Trinajstić information content (AvgIpc) is 3.40. The number of esters is 1. The second kappa shape index (κ2) is 11.4. The van der Waals surface area contributed by atoms with Crippen LogP contribution in [0.3, 0.4) is 0 Å². The van der Waals surface area contributed by atoms with Gasteiger partial charge in [-0.2, -0.15) is 0 Å². The molecule has 2 unspecified atom stereocenters. The molecule has 38 heavy (non-hydrogen) atoms. The SMILES string of the molecule is CC(=O)NCCc1c(C(C2=C(O)C(CCC3CCCCC3)OC2=O)c2ccccc2)[nH]c2cc(F)ccc12. The highest BCUT2D eigenvalue weighted by Gasteiger charge is 2.41. The maximum absolute atomic E-state index is 14.2. The van der Waals surface area contributed by atoms with Crippen LogP contribution in [0, 0.1) is 11.7 Å². The van der Waals surface area contributed by atoms with E-state index in [1.807, 2.05) is 30.3 Å². The first-order valence-corrected chi connectivity index (χ1v) is 13.7. The normalized spacial score (nSPS) is 19.1. The second-order valence-electron chi connectivity index (χ2n) is 10.6. The maximum Gasteiger partial charge on any atom is 0.339 e. The zero-order valence-corrected chi connectivity index (χ0v) is 21.8. The van der Waals surface area contributed by atoms with Crippen LogP contribution in [0.15, 0.2) is 59.9 Å². The quantitative estimate of drug-likeness (QED) is 0.294. The summed E-state index contributed by atoms with van der Waals surface area (Å²) in [6.07, 6.45) is 7.46. The lowest BCUT2D eigenvalue weighted by molar-refractivity contribution is -0.140. The summed E-state index contributed by atoms with van der Waals surface area (Å²) in [7, 11) is 0. The smallest absolute Gasteiger partial charge is 0.339 e. The van der Waals surface area contributed by atoms with Crippen molar-refractivity contribution in [2.75, 3.05) is 6.54 Å². The molecule has 200 valence electrons. The van der Waals surface area contributed by atoms with Crippen molar-refractivity contribution in [1.82, 2.24) is 10.3 Å². The van der Waals surface area contributed by atoms with Crippen LogP contribution < -0.4 is 5.32 Å². The number of aromatic nitrogens is 1. The predicted octanol–water partition coefficient (Wildman–Crippen LogP) is 6.22. The molecule has 3 aromatic rings. The predicted molar refractivity (Wildman–Crippen MR) is 144 cm³/mol. The van der Waals surface area contributed by atoms with Crippen molar-refractivity contribution in [2.24, 2.45) is 5.92 Å². The van der Waals surface area contributed by atoms with Crippen LogP contribution in [0.5, 0.6) is 0 Å². The highest BCUT2D eigenvalue weighted by molar-refractivity contribution is 5.95. The average molecular weight is 519 g/mol. The summed E-state index contributed by atoms with van der Waals surface area (Å²) in [4.78, 5) is 28.3. The number of aromatic amines is 1. The highest BCUT2D eigenvalue weighted by Crippen LogP contribution is 2.42. The van der Waals surface area contributed by atoms with Gasteiger partial charge < -0.3 is 20.1 Å². The fourth-order valence-electron chi connectivity index (χ4n) is 6.10.